The summed E-state index contributed by atoms with van der Waals surface area (Å²) in [7, 11) is 0. The van der Waals surface area contributed by atoms with Crippen molar-refractivity contribution in [2.24, 2.45) is 0 Å². The van der Waals surface area contributed by atoms with E-state index in [2.05, 4.69) is 74.5 Å². The molecule has 0 atom stereocenters. The first-order chi connectivity index (χ1) is 11.3. The predicted octanol–water partition coefficient (Wildman–Crippen LogP) is 6.42. The van der Waals surface area contributed by atoms with Gasteiger partial charge in [-0.15, -0.1) is 0 Å². The van der Waals surface area contributed by atoms with Crippen LogP contribution in [-0.2, 0) is 12.8 Å². The summed E-state index contributed by atoms with van der Waals surface area (Å²) < 4.78 is 0. The van der Waals surface area contributed by atoms with Crippen LogP contribution >= 0.6 is 0 Å². The van der Waals surface area contributed by atoms with Gasteiger partial charge < -0.3 is 0 Å². The fourth-order valence-corrected chi connectivity index (χ4v) is 3.86. The molecule has 0 aromatic heterocycles. The number of fused-ring (bicyclic) bond motifs is 2. The minimum Gasteiger partial charge on any atom is -0.0683 e. The van der Waals surface area contributed by atoms with Crippen molar-refractivity contribution in [2.75, 3.05) is 0 Å². The standard InChI is InChI=1S/C23H22/c1-3-7-17-12-13-21(23-15-16(2)14-22(17)23)20-11-6-9-18-8-4-5-10-19(18)20/h4-6,8-13,15H,3,7,14H2,1-2H3. The Morgan fingerprint density at radius 3 is 2.57 bits per heavy atom. The molecule has 0 saturated heterocycles. The van der Waals surface area contributed by atoms with Crippen molar-refractivity contribution in [1.82, 2.24) is 0 Å². The highest BCUT2D eigenvalue weighted by molar-refractivity contribution is 5.99. The zero-order valence-electron chi connectivity index (χ0n) is 13.9. The van der Waals surface area contributed by atoms with Gasteiger partial charge in [0, 0.05) is 0 Å². The van der Waals surface area contributed by atoms with Gasteiger partial charge in [-0.2, -0.15) is 0 Å². The van der Waals surface area contributed by atoms with Crippen molar-refractivity contribution in [3.63, 3.8) is 0 Å². The first-order valence-corrected chi connectivity index (χ1v) is 8.58. The first-order valence-electron chi connectivity index (χ1n) is 8.58. The van der Waals surface area contributed by atoms with E-state index in [9.17, 15) is 0 Å². The topological polar surface area (TPSA) is 0 Å². The minimum atomic E-state index is 1.11. The van der Waals surface area contributed by atoms with Crippen LogP contribution in [0.4, 0.5) is 0 Å². The molecule has 0 nitrogen and oxygen atoms in total. The third-order valence-electron chi connectivity index (χ3n) is 4.90. The van der Waals surface area contributed by atoms with Gasteiger partial charge in [-0.3, -0.25) is 0 Å². The van der Waals surface area contributed by atoms with Crippen molar-refractivity contribution in [3.8, 4) is 11.1 Å². The lowest BCUT2D eigenvalue weighted by atomic mass is 9.90. The Bertz CT molecular complexity index is 907. The van der Waals surface area contributed by atoms with E-state index >= 15 is 0 Å². The van der Waals surface area contributed by atoms with Gasteiger partial charge in [-0.05, 0) is 58.4 Å². The van der Waals surface area contributed by atoms with Gasteiger partial charge in [-0.25, -0.2) is 0 Å². The second-order valence-electron chi connectivity index (χ2n) is 6.61. The maximum Gasteiger partial charge on any atom is -0.00576 e. The largest absolute Gasteiger partial charge is 0.0683 e. The maximum atomic E-state index is 2.39. The highest BCUT2D eigenvalue weighted by Crippen LogP contribution is 2.38. The Balaban J connectivity index is 1.98. The summed E-state index contributed by atoms with van der Waals surface area (Å²) in [6.45, 7) is 4.52. The lowest BCUT2D eigenvalue weighted by molar-refractivity contribution is 0.905. The van der Waals surface area contributed by atoms with E-state index in [1.165, 1.54) is 51.4 Å². The lowest BCUT2D eigenvalue weighted by Crippen LogP contribution is -1.96. The summed E-state index contributed by atoms with van der Waals surface area (Å²) in [6.07, 6.45) is 5.90. The van der Waals surface area contributed by atoms with E-state index < -0.39 is 0 Å². The molecule has 23 heavy (non-hydrogen) atoms. The van der Waals surface area contributed by atoms with Crippen LogP contribution in [0, 0.1) is 0 Å². The molecule has 1 aliphatic carbocycles. The zero-order chi connectivity index (χ0) is 15.8. The summed E-state index contributed by atoms with van der Waals surface area (Å²) in [5.41, 5.74) is 8.74. The van der Waals surface area contributed by atoms with Gasteiger partial charge in [0.1, 0.15) is 0 Å². The number of hydrogen-bond donors (Lipinski definition) is 0. The van der Waals surface area contributed by atoms with Crippen LogP contribution in [0.1, 0.15) is 37.0 Å². The summed E-state index contributed by atoms with van der Waals surface area (Å²) in [5, 5.41) is 2.66. The van der Waals surface area contributed by atoms with Crippen molar-refractivity contribution in [1.29, 1.82) is 0 Å². The first kappa shape index (κ1) is 14.3. The summed E-state index contributed by atoms with van der Waals surface area (Å²) >= 11 is 0. The molecule has 3 aromatic carbocycles. The van der Waals surface area contributed by atoms with Crippen LogP contribution in [-0.4, -0.2) is 0 Å². The third kappa shape index (κ3) is 2.39. The summed E-state index contributed by atoms with van der Waals surface area (Å²) in [5.74, 6) is 0. The van der Waals surface area contributed by atoms with Gasteiger partial charge in [0.25, 0.3) is 0 Å². The summed E-state index contributed by atoms with van der Waals surface area (Å²) in [4.78, 5) is 0. The van der Waals surface area contributed by atoms with Crippen molar-refractivity contribution in [2.45, 2.75) is 33.1 Å². The van der Waals surface area contributed by atoms with Crippen LogP contribution in [0.3, 0.4) is 0 Å². The average molecular weight is 298 g/mol. The van der Waals surface area contributed by atoms with E-state index in [1.807, 2.05) is 0 Å². The SMILES string of the molecule is CCCc1ccc(-c2cccc3ccccc23)c2c1CC(C)=C2. The van der Waals surface area contributed by atoms with E-state index in [0.29, 0.717) is 0 Å². The maximum absolute atomic E-state index is 2.39. The van der Waals surface area contributed by atoms with Crippen LogP contribution in [0.25, 0.3) is 28.0 Å². The molecule has 0 bridgehead atoms. The van der Waals surface area contributed by atoms with Crippen LogP contribution in [0.5, 0.6) is 0 Å². The number of hydrogen-bond acceptors (Lipinski definition) is 0. The molecule has 0 fully saturated rings. The highest BCUT2D eigenvalue weighted by atomic mass is 14.2. The molecule has 0 amide bonds. The van der Waals surface area contributed by atoms with Gasteiger partial charge in [0.05, 0.1) is 0 Å². The van der Waals surface area contributed by atoms with Gasteiger partial charge in [0.2, 0.25) is 0 Å². The number of benzene rings is 3. The second kappa shape index (κ2) is 5.70. The second-order valence-corrected chi connectivity index (χ2v) is 6.61. The highest BCUT2D eigenvalue weighted by Gasteiger charge is 2.18. The Morgan fingerprint density at radius 2 is 1.70 bits per heavy atom. The molecule has 0 heteroatoms. The fourth-order valence-electron chi connectivity index (χ4n) is 3.86. The lowest BCUT2D eigenvalue weighted by Gasteiger charge is -2.14. The number of allylic oxidation sites excluding steroid dienone is 1. The van der Waals surface area contributed by atoms with Gasteiger partial charge in [-0.1, -0.05) is 79.6 Å². The molecule has 0 heterocycles. The molecular weight excluding hydrogens is 276 g/mol. The minimum absolute atomic E-state index is 1.11. The average Bonchev–Trinajstić information content (AvgIpc) is 2.97. The Hall–Kier alpha value is -2.34. The van der Waals surface area contributed by atoms with Crippen molar-refractivity contribution in [3.05, 3.63) is 76.9 Å². The van der Waals surface area contributed by atoms with Gasteiger partial charge >= 0.3 is 0 Å². The van der Waals surface area contributed by atoms with E-state index in [0.717, 1.165) is 6.42 Å². The molecule has 0 radical (unpaired) electrons. The van der Waals surface area contributed by atoms with E-state index in [1.54, 1.807) is 5.56 Å². The van der Waals surface area contributed by atoms with E-state index in [4.69, 9.17) is 0 Å². The molecule has 4 rings (SSSR count). The molecule has 1 aliphatic rings. The van der Waals surface area contributed by atoms with Gasteiger partial charge in [0.15, 0.2) is 0 Å². The molecule has 0 saturated carbocycles. The van der Waals surface area contributed by atoms with Crippen LogP contribution in [0.2, 0.25) is 0 Å². The normalized spacial score (nSPS) is 13.2. The van der Waals surface area contributed by atoms with E-state index in [-0.39, 0.29) is 0 Å². The molecule has 3 aromatic rings. The monoisotopic (exact) mass is 298 g/mol. The summed E-state index contributed by atoms with van der Waals surface area (Å²) in [6, 6.07) is 20.0. The van der Waals surface area contributed by atoms with Crippen molar-refractivity contribution >= 4 is 16.8 Å². The van der Waals surface area contributed by atoms with Crippen molar-refractivity contribution < 1.29 is 0 Å². The third-order valence-corrected chi connectivity index (χ3v) is 4.90. The molecule has 0 spiro atoms. The molecule has 0 N–H and O–H groups in total. The quantitative estimate of drug-likeness (QED) is 0.523. The molecule has 114 valence electrons. The van der Waals surface area contributed by atoms with Crippen LogP contribution < -0.4 is 0 Å². The molecule has 0 unspecified atom stereocenters. The van der Waals surface area contributed by atoms with Crippen LogP contribution in [0.15, 0.2) is 60.2 Å². The predicted molar refractivity (Wildman–Crippen MR) is 101 cm³/mol. The smallest absolute Gasteiger partial charge is 0.00576 e. The fraction of sp³-hybridized carbons (Fsp3) is 0.217. The Morgan fingerprint density at radius 1 is 0.870 bits per heavy atom. The molecule has 0 aliphatic heterocycles. The number of aryl methyl sites for hydroxylation is 1. The number of rotatable bonds is 3. The Kier molecular flexibility index (Phi) is 3.53. The molecular formula is C23H22. The zero-order valence-corrected chi connectivity index (χ0v) is 13.9. The Labute approximate surface area is 138 Å².